The van der Waals surface area contributed by atoms with Crippen LogP contribution in [0.1, 0.15) is 65.2 Å². The molecule has 18 heavy (non-hydrogen) atoms. The highest BCUT2D eigenvalue weighted by Crippen LogP contribution is 2.31. The van der Waals surface area contributed by atoms with Crippen LogP contribution in [0.4, 0.5) is 0 Å². The minimum Gasteiger partial charge on any atom is -0.368 e. The highest BCUT2D eigenvalue weighted by Gasteiger charge is 2.21. The summed E-state index contributed by atoms with van der Waals surface area (Å²) in [6, 6.07) is 0. The molecule has 0 aliphatic carbocycles. The maximum Gasteiger partial charge on any atom is 0.151 e. The zero-order valence-corrected chi connectivity index (χ0v) is 11.8. The van der Waals surface area contributed by atoms with Gasteiger partial charge in [0, 0.05) is 0 Å². The van der Waals surface area contributed by atoms with E-state index in [1.807, 2.05) is 0 Å². The fraction of sp³-hybridized carbons (Fsp3) is 1.00. The number of aliphatic hydroxyl groups excluding tert-OH is 2. The van der Waals surface area contributed by atoms with Crippen molar-refractivity contribution in [1.82, 2.24) is 0 Å². The van der Waals surface area contributed by atoms with E-state index in [0.29, 0.717) is 24.7 Å². The molecule has 0 aromatic rings. The number of hydrogen-bond acceptors (Lipinski definition) is 4. The molecule has 0 rings (SSSR count). The zero-order chi connectivity index (χ0) is 14.0. The van der Waals surface area contributed by atoms with Gasteiger partial charge >= 0.3 is 0 Å². The standard InChI is InChI=1S/C14H30O4/c1-3-5-11(7-9-13(15)16)12(6-4-2)8-10-14(17)18/h11-18H,3-10H2,1-2H3. The van der Waals surface area contributed by atoms with Crippen molar-refractivity contribution < 1.29 is 20.4 Å². The minimum atomic E-state index is -1.23. The van der Waals surface area contributed by atoms with E-state index >= 15 is 0 Å². The molecule has 0 fully saturated rings. The van der Waals surface area contributed by atoms with Gasteiger partial charge in [-0.15, -0.1) is 0 Å². The Balaban J connectivity index is 4.33. The van der Waals surface area contributed by atoms with Crippen LogP contribution in [0.15, 0.2) is 0 Å². The summed E-state index contributed by atoms with van der Waals surface area (Å²) in [5.74, 6) is 0.908. The van der Waals surface area contributed by atoms with E-state index in [4.69, 9.17) is 20.4 Å². The summed E-state index contributed by atoms with van der Waals surface area (Å²) < 4.78 is 0. The van der Waals surface area contributed by atoms with Gasteiger partial charge in [-0.25, -0.2) is 0 Å². The second-order valence-electron chi connectivity index (χ2n) is 5.21. The summed E-state index contributed by atoms with van der Waals surface area (Å²) in [7, 11) is 0. The Morgan fingerprint density at radius 2 is 0.889 bits per heavy atom. The van der Waals surface area contributed by atoms with Gasteiger partial charge in [-0.1, -0.05) is 39.5 Å². The van der Waals surface area contributed by atoms with E-state index in [1.165, 1.54) is 0 Å². The average Bonchev–Trinajstić information content (AvgIpc) is 2.29. The molecule has 0 saturated carbocycles. The van der Waals surface area contributed by atoms with Crippen LogP contribution in [0.3, 0.4) is 0 Å². The Bertz CT molecular complexity index is 163. The van der Waals surface area contributed by atoms with Gasteiger partial charge in [0.25, 0.3) is 0 Å². The molecule has 0 bridgehead atoms. The van der Waals surface area contributed by atoms with Crippen molar-refractivity contribution in [1.29, 1.82) is 0 Å². The summed E-state index contributed by atoms with van der Waals surface area (Å²) in [5.41, 5.74) is 0. The van der Waals surface area contributed by atoms with Crippen LogP contribution in [-0.4, -0.2) is 33.0 Å². The zero-order valence-electron chi connectivity index (χ0n) is 11.8. The third-order valence-electron chi connectivity index (χ3n) is 3.58. The highest BCUT2D eigenvalue weighted by molar-refractivity contribution is 4.71. The lowest BCUT2D eigenvalue weighted by molar-refractivity contribution is -0.0570. The van der Waals surface area contributed by atoms with E-state index in [0.717, 1.165) is 38.5 Å². The van der Waals surface area contributed by atoms with Gasteiger partial charge in [-0.2, -0.15) is 0 Å². The molecule has 2 atom stereocenters. The fourth-order valence-electron chi connectivity index (χ4n) is 2.70. The third-order valence-corrected chi connectivity index (χ3v) is 3.58. The van der Waals surface area contributed by atoms with Crippen molar-refractivity contribution in [2.75, 3.05) is 0 Å². The lowest BCUT2D eigenvalue weighted by atomic mass is 9.79. The number of hydrogen-bond donors (Lipinski definition) is 4. The molecule has 4 N–H and O–H groups in total. The van der Waals surface area contributed by atoms with Crippen LogP contribution in [0, 0.1) is 11.8 Å². The highest BCUT2D eigenvalue weighted by atomic mass is 16.5. The first-order valence-corrected chi connectivity index (χ1v) is 7.23. The van der Waals surface area contributed by atoms with Gasteiger partial charge in [-0.3, -0.25) is 0 Å². The van der Waals surface area contributed by atoms with E-state index in [1.54, 1.807) is 0 Å². The molecule has 0 spiro atoms. The predicted molar refractivity (Wildman–Crippen MR) is 71.7 cm³/mol. The normalized spacial score (nSPS) is 15.3. The molecule has 0 aromatic carbocycles. The first-order valence-electron chi connectivity index (χ1n) is 7.23. The van der Waals surface area contributed by atoms with Crippen LogP contribution in [0.5, 0.6) is 0 Å². The second kappa shape index (κ2) is 10.7. The molecule has 4 nitrogen and oxygen atoms in total. The molecular weight excluding hydrogens is 232 g/mol. The average molecular weight is 262 g/mol. The summed E-state index contributed by atoms with van der Waals surface area (Å²) in [5, 5.41) is 35.9. The SMILES string of the molecule is CCCC(CCC(O)O)C(CCC)CCC(O)O. The van der Waals surface area contributed by atoms with Gasteiger partial charge in [0.1, 0.15) is 0 Å². The Morgan fingerprint density at radius 3 is 1.11 bits per heavy atom. The largest absolute Gasteiger partial charge is 0.368 e. The van der Waals surface area contributed by atoms with Crippen LogP contribution in [0.2, 0.25) is 0 Å². The van der Waals surface area contributed by atoms with Crippen LogP contribution >= 0.6 is 0 Å². The van der Waals surface area contributed by atoms with E-state index < -0.39 is 12.6 Å². The molecule has 4 heteroatoms. The summed E-state index contributed by atoms with van der Waals surface area (Å²) in [6.07, 6.45) is 4.26. The van der Waals surface area contributed by atoms with Crippen molar-refractivity contribution in [3.8, 4) is 0 Å². The lowest BCUT2D eigenvalue weighted by Crippen LogP contribution is -2.19. The van der Waals surface area contributed by atoms with Crippen LogP contribution in [-0.2, 0) is 0 Å². The molecule has 2 unspecified atom stereocenters. The van der Waals surface area contributed by atoms with Gasteiger partial charge in [0.15, 0.2) is 12.6 Å². The third kappa shape index (κ3) is 8.86. The quantitative estimate of drug-likeness (QED) is 0.429. The van der Waals surface area contributed by atoms with Gasteiger partial charge in [0.2, 0.25) is 0 Å². The minimum absolute atomic E-state index is 0.409. The molecule has 0 heterocycles. The molecule has 0 saturated heterocycles. The Morgan fingerprint density at radius 1 is 0.556 bits per heavy atom. The second-order valence-corrected chi connectivity index (χ2v) is 5.21. The van der Waals surface area contributed by atoms with E-state index in [-0.39, 0.29) is 0 Å². The van der Waals surface area contributed by atoms with Crippen molar-refractivity contribution in [3.63, 3.8) is 0 Å². The summed E-state index contributed by atoms with van der Waals surface area (Å²) in [4.78, 5) is 0. The van der Waals surface area contributed by atoms with Crippen molar-refractivity contribution in [3.05, 3.63) is 0 Å². The lowest BCUT2D eigenvalue weighted by Gasteiger charge is -2.27. The summed E-state index contributed by atoms with van der Waals surface area (Å²) >= 11 is 0. The Kier molecular flexibility index (Phi) is 10.6. The maximum absolute atomic E-state index is 8.97. The van der Waals surface area contributed by atoms with Crippen molar-refractivity contribution in [2.45, 2.75) is 77.8 Å². The first kappa shape index (κ1) is 17.8. The molecule has 0 radical (unpaired) electrons. The Hall–Kier alpha value is -0.160. The number of aliphatic hydroxyl groups is 4. The van der Waals surface area contributed by atoms with Crippen molar-refractivity contribution >= 4 is 0 Å². The number of rotatable bonds is 11. The fourth-order valence-corrected chi connectivity index (χ4v) is 2.70. The van der Waals surface area contributed by atoms with Gasteiger partial charge < -0.3 is 20.4 Å². The topological polar surface area (TPSA) is 80.9 Å². The monoisotopic (exact) mass is 262 g/mol. The van der Waals surface area contributed by atoms with Crippen LogP contribution in [0.25, 0.3) is 0 Å². The molecule has 0 aliphatic rings. The molecule has 0 amide bonds. The smallest absolute Gasteiger partial charge is 0.151 e. The van der Waals surface area contributed by atoms with Crippen LogP contribution < -0.4 is 0 Å². The molecule has 0 aliphatic heterocycles. The van der Waals surface area contributed by atoms with Gasteiger partial charge in [-0.05, 0) is 37.5 Å². The van der Waals surface area contributed by atoms with Gasteiger partial charge in [0.05, 0.1) is 0 Å². The predicted octanol–water partition coefficient (Wildman–Crippen LogP) is 2.00. The maximum atomic E-state index is 8.97. The first-order chi connectivity index (χ1) is 8.51. The Labute approximate surface area is 111 Å². The van der Waals surface area contributed by atoms with Crippen molar-refractivity contribution in [2.24, 2.45) is 11.8 Å². The molecular formula is C14H30O4. The molecule has 0 aromatic heterocycles. The summed E-state index contributed by atoms with van der Waals surface area (Å²) in [6.45, 7) is 4.26. The van der Waals surface area contributed by atoms with E-state index in [2.05, 4.69) is 13.8 Å². The molecule has 110 valence electrons. The van der Waals surface area contributed by atoms with E-state index in [9.17, 15) is 0 Å².